The van der Waals surface area contributed by atoms with Gasteiger partial charge in [0.1, 0.15) is 5.82 Å². The molecule has 2 unspecified atom stereocenters. The molecule has 2 aliphatic carbocycles. The molecule has 2 aromatic rings. The van der Waals surface area contributed by atoms with Crippen LogP contribution in [-0.2, 0) is 4.74 Å². The zero-order chi connectivity index (χ0) is 19.3. The largest absolute Gasteiger partial charge is 0.380 e. The lowest BCUT2D eigenvalue weighted by Gasteiger charge is -2.28. The van der Waals surface area contributed by atoms with Crippen LogP contribution in [-0.4, -0.2) is 47.0 Å². The zero-order valence-corrected chi connectivity index (χ0v) is 16.9. The molecule has 0 bridgehead atoms. The third-order valence-corrected chi connectivity index (χ3v) is 6.93. The number of nitrogens with zero attached hydrogens (tertiary/aromatic N) is 3. The van der Waals surface area contributed by atoms with Crippen LogP contribution in [0.25, 0.3) is 11.3 Å². The van der Waals surface area contributed by atoms with Gasteiger partial charge >= 0.3 is 0 Å². The normalized spacial score (nSPS) is 30.4. The summed E-state index contributed by atoms with van der Waals surface area (Å²) in [6.07, 6.45) is 3.78. The van der Waals surface area contributed by atoms with E-state index in [1.54, 1.807) is 0 Å². The van der Waals surface area contributed by atoms with Crippen molar-refractivity contribution in [1.29, 1.82) is 0 Å². The van der Waals surface area contributed by atoms with Crippen LogP contribution in [0, 0.1) is 17.7 Å². The van der Waals surface area contributed by atoms with Gasteiger partial charge in [-0.3, -0.25) is 9.58 Å². The molecule has 4 atom stereocenters. The predicted octanol–water partition coefficient (Wildman–Crippen LogP) is 4.48. The summed E-state index contributed by atoms with van der Waals surface area (Å²) in [5.41, 5.74) is 3.34. The van der Waals surface area contributed by atoms with E-state index >= 15 is 0 Å². The highest BCUT2D eigenvalue weighted by molar-refractivity contribution is 5.60. The standard InChI is InChI=1S/C23H30FN3O/c1-15(2)27-22(14-21(25-27)16-4-6-17(24)7-5-16)23-19-12-18(13-20(19)23)26-8-3-10-28-11-9-26/h4-7,14-15,18-20,23H,3,8-13H2,1-2H3/t18?,19-,20+,23?. The van der Waals surface area contributed by atoms with Crippen LogP contribution < -0.4 is 0 Å². The maximum absolute atomic E-state index is 13.3. The summed E-state index contributed by atoms with van der Waals surface area (Å²) in [6, 6.07) is 10.0. The molecular weight excluding hydrogens is 353 g/mol. The molecule has 1 saturated heterocycles. The fraction of sp³-hybridized carbons (Fsp3) is 0.609. The second kappa shape index (κ2) is 7.27. The topological polar surface area (TPSA) is 30.3 Å². The van der Waals surface area contributed by atoms with Crippen molar-refractivity contribution in [2.24, 2.45) is 11.8 Å². The van der Waals surface area contributed by atoms with E-state index in [9.17, 15) is 4.39 Å². The summed E-state index contributed by atoms with van der Waals surface area (Å²) < 4.78 is 21.1. The number of fused-ring (bicyclic) bond motifs is 1. The van der Waals surface area contributed by atoms with Crippen molar-refractivity contribution in [2.75, 3.05) is 26.3 Å². The van der Waals surface area contributed by atoms with Crippen LogP contribution >= 0.6 is 0 Å². The summed E-state index contributed by atoms with van der Waals surface area (Å²) in [4.78, 5) is 2.67. The Balaban J connectivity index is 1.33. The van der Waals surface area contributed by atoms with Crippen molar-refractivity contribution in [3.05, 3.63) is 41.8 Å². The summed E-state index contributed by atoms with van der Waals surface area (Å²) in [5.74, 6) is 2.03. The van der Waals surface area contributed by atoms with Gasteiger partial charge in [-0.15, -0.1) is 0 Å². The SMILES string of the molecule is CC(C)n1nc(-c2ccc(F)cc2)cc1C1[C@H]2CC(N3CCCOCC3)C[C@@H]12. The smallest absolute Gasteiger partial charge is 0.123 e. The van der Waals surface area contributed by atoms with E-state index in [0.717, 1.165) is 55.3 Å². The van der Waals surface area contributed by atoms with E-state index in [1.165, 1.54) is 37.2 Å². The Bertz CT molecular complexity index is 811. The van der Waals surface area contributed by atoms with Crippen LogP contribution in [0.1, 0.15) is 50.8 Å². The van der Waals surface area contributed by atoms with E-state index < -0.39 is 0 Å². The van der Waals surface area contributed by atoms with Crippen LogP contribution in [0.4, 0.5) is 4.39 Å². The third kappa shape index (κ3) is 3.29. The highest BCUT2D eigenvalue weighted by Crippen LogP contribution is 2.64. The second-order valence-corrected chi connectivity index (χ2v) is 8.98. The lowest BCUT2D eigenvalue weighted by atomic mass is 10.0. The summed E-state index contributed by atoms with van der Waals surface area (Å²) >= 11 is 0. The van der Waals surface area contributed by atoms with Gasteiger partial charge in [0.05, 0.1) is 12.3 Å². The van der Waals surface area contributed by atoms with E-state index in [0.29, 0.717) is 12.0 Å². The Morgan fingerprint density at radius 1 is 1.07 bits per heavy atom. The Morgan fingerprint density at radius 2 is 1.82 bits per heavy atom. The van der Waals surface area contributed by atoms with Crippen molar-refractivity contribution < 1.29 is 9.13 Å². The average molecular weight is 384 g/mol. The molecule has 5 heteroatoms. The predicted molar refractivity (Wildman–Crippen MR) is 108 cm³/mol. The summed E-state index contributed by atoms with van der Waals surface area (Å²) in [6.45, 7) is 8.47. The Hall–Kier alpha value is -1.72. The first-order chi connectivity index (χ1) is 13.6. The van der Waals surface area contributed by atoms with E-state index in [2.05, 4.69) is 29.5 Å². The van der Waals surface area contributed by atoms with Gasteiger partial charge in [0.25, 0.3) is 0 Å². The molecule has 0 N–H and O–H groups in total. The van der Waals surface area contributed by atoms with Crippen LogP contribution in [0.15, 0.2) is 30.3 Å². The monoisotopic (exact) mass is 383 g/mol. The second-order valence-electron chi connectivity index (χ2n) is 8.98. The fourth-order valence-electron chi connectivity index (χ4n) is 5.51. The first-order valence-electron chi connectivity index (χ1n) is 10.8. The highest BCUT2D eigenvalue weighted by atomic mass is 19.1. The molecule has 1 aromatic carbocycles. The van der Waals surface area contributed by atoms with E-state index in [1.807, 2.05) is 12.1 Å². The molecule has 0 spiro atoms. The minimum absolute atomic E-state index is 0.200. The van der Waals surface area contributed by atoms with Crippen LogP contribution in [0.2, 0.25) is 0 Å². The van der Waals surface area contributed by atoms with Gasteiger partial charge in [-0.1, -0.05) is 0 Å². The molecule has 3 fully saturated rings. The van der Waals surface area contributed by atoms with Gasteiger partial charge in [0.15, 0.2) is 0 Å². The number of hydrogen-bond donors (Lipinski definition) is 0. The van der Waals surface area contributed by atoms with Gasteiger partial charge < -0.3 is 4.74 Å². The van der Waals surface area contributed by atoms with Crippen molar-refractivity contribution >= 4 is 0 Å². The lowest BCUT2D eigenvalue weighted by Crippen LogP contribution is -2.36. The molecule has 0 amide bonds. The summed E-state index contributed by atoms with van der Waals surface area (Å²) in [5, 5.41) is 4.89. The van der Waals surface area contributed by atoms with Crippen LogP contribution in [0.3, 0.4) is 0 Å². The van der Waals surface area contributed by atoms with Crippen molar-refractivity contribution in [2.45, 2.75) is 51.1 Å². The minimum atomic E-state index is -0.200. The first kappa shape index (κ1) is 18.3. The van der Waals surface area contributed by atoms with Crippen molar-refractivity contribution in [3.63, 3.8) is 0 Å². The molecular formula is C23H30FN3O. The quantitative estimate of drug-likeness (QED) is 0.780. The molecule has 150 valence electrons. The van der Waals surface area contributed by atoms with Gasteiger partial charge in [-0.05, 0) is 75.3 Å². The van der Waals surface area contributed by atoms with Gasteiger partial charge in [-0.2, -0.15) is 5.10 Å². The third-order valence-electron chi connectivity index (χ3n) is 6.93. The number of ether oxygens (including phenoxy) is 1. The molecule has 5 rings (SSSR count). The maximum atomic E-state index is 13.3. The fourth-order valence-corrected chi connectivity index (χ4v) is 5.51. The lowest BCUT2D eigenvalue weighted by molar-refractivity contribution is 0.129. The van der Waals surface area contributed by atoms with Gasteiger partial charge in [0, 0.05) is 49.0 Å². The molecule has 1 aromatic heterocycles. The molecule has 2 saturated carbocycles. The Morgan fingerprint density at radius 3 is 2.54 bits per heavy atom. The Labute approximate surface area is 166 Å². The molecule has 2 heterocycles. The average Bonchev–Trinajstić information content (AvgIpc) is 3.02. The molecule has 1 aliphatic heterocycles. The molecule has 4 nitrogen and oxygen atoms in total. The molecule has 3 aliphatic rings. The number of benzene rings is 1. The maximum Gasteiger partial charge on any atom is 0.123 e. The molecule has 0 radical (unpaired) electrons. The van der Waals surface area contributed by atoms with Crippen molar-refractivity contribution in [1.82, 2.24) is 14.7 Å². The summed E-state index contributed by atoms with van der Waals surface area (Å²) in [7, 11) is 0. The van der Waals surface area contributed by atoms with E-state index in [4.69, 9.17) is 9.84 Å². The number of hydrogen-bond acceptors (Lipinski definition) is 3. The van der Waals surface area contributed by atoms with E-state index in [-0.39, 0.29) is 5.82 Å². The minimum Gasteiger partial charge on any atom is -0.380 e. The van der Waals surface area contributed by atoms with Gasteiger partial charge in [0.2, 0.25) is 0 Å². The highest BCUT2D eigenvalue weighted by Gasteiger charge is 2.58. The number of halogens is 1. The van der Waals surface area contributed by atoms with Gasteiger partial charge in [-0.25, -0.2) is 4.39 Å². The number of rotatable bonds is 4. The number of aromatic nitrogens is 2. The van der Waals surface area contributed by atoms with Crippen LogP contribution in [0.5, 0.6) is 0 Å². The zero-order valence-electron chi connectivity index (χ0n) is 16.9. The van der Waals surface area contributed by atoms with Crippen molar-refractivity contribution in [3.8, 4) is 11.3 Å². The molecule has 28 heavy (non-hydrogen) atoms. The Kier molecular flexibility index (Phi) is 4.76. The first-order valence-corrected chi connectivity index (χ1v) is 10.8.